The number of benzene rings is 1. The number of aromatic carboxylic acids is 1. The van der Waals surface area contributed by atoms with Crippen molar-refractivity contribution in [3.8, 4) is 11.6 Å². The van der Waals surface area contributed by atoms with Crippen LogP contribution >= 0.6 is 15.9 Å². The summed E-state index contributed by atoms with van der Waals surface area (Å²) in [6.45, 7) is 1.77. The number of ether oxygens (including phenoxy) is 1. The lowest BCUT2D eigenvalue weighted by Gasteiger charge is -2.10. The van der Waals surface area contributed by atoms with Crippen molar-refractivity contribution in [3.63, 3.8) is 0 Å². The van der Waals surface area contributed by atoms with Gasteiger partial charge in [-0.25, -0.2) is 14.2 Å². The van der Waals surface area contributed by atoms with Gasteiger partial charge in [-0.2, -0.15) is 0 Å². The highest BCUT2D eigenvalue weighted by molar-refractivity contribution is 9.10. The van der Waals surface area contributed by atoms with Gasteiger partial charge in [0.05, 0.1) is 0 Å². The van der Waals surface area contributed by atoms with Gasteiger partial charge in [-0.3, -0.25) is 0 Å². The number of carboxylic acids is 1. The van der Waals surface area contributed by atoms with E-state index in [-0.39, 0.29) is 17.2 Å². The molecule has 0 radical (unpaired) electrons. The summed E-state index contributed by atoms with van der Waals surface area (Å²) < 4.78 is 19.3. The van der Waals surface area contributed by atoms with Gasteiger partial charge in [0, 0.05) is 16.2 Å². The molecule has 0 spiro atoms. The van der Waals surface area contributed by atoms with Crippen molar-refractivity contribution in [1.29, 1.82) is 0 Å². The van der Waals surface area contributed by atoms with Crippen molar-refractivity contribution in [2.24, 2.45) is 0 Å². The zero-order valence-corrected chi connectivity index (χ0v) is 11.4. The standard InChI is InChI=1S/C13H9BrFNO3/c1-7-4-8(14)6-16-12(7)19-11-3-2-9(15)5-10(11)13(17)18/h2-6H,1H3,(H,17,18). The molecule has 1 heterocycles. The molecule has 98 valence electrons. The highest BCUT2D eigenvalue weighted by Crippen LogP contribution is 2.28. The smallest absolute Gasteiger partial charge is 0.339 e. The Hall–Kier alpha value is -1.95. The van der Waals surface area contributed by atoms with Crippen LogP contribution < -0.4 is 4.74 Å². The summed E-state index contributed by atoms with van der Waals surface area (Å²) in [6.07, 6.45) is 1.53. The maximum Gasteiger partial charge on any atom is 0.339 e. The van der Waals surface area contributed by atoms with Crippen LogP contribution in [0.2, 0.25) is 0 Å². The Bertz CT molecular complexity index is 646. The maximum atomic E-state index is 13.0. The van der Waals surface area contributed by atoms with E-state index in [0.29, 0.717) is 0 Å². The Morgan fingerprint density at radius 1 is 1.42 bits per heavy atom. The van der Waals surface area contributed by atoms with Crippen molar-refractivity contribution >= 4 is 21.9 Å². The third kappa shape index (κ3) is 3.08. The monoisotopic (exact) mass is 325 g/mol. The van der Waals surface area contributed by atoms with Crippen molar-refractivity contribution in [2.75, 3.05) is 0 Å². The molecule has 0 amide bonds. The summed E-state index contributed by atoms with van der Waals surface area (Å²) in [5.74, 6) is -1.57. The van der Waals surface area contributed by atoms with E-state index in [9.17, 15) is 9.18 Å². The van der Waals surface area contributed by atoms with Crippen LogP contribution in [-0.4, -0.2) is 16.1 Å². The van der Waals surface area contributed by atoms with Crippen LogP contribution in [-0.2, 0) is 0 Å². The second-order valence-corrected chi connectivity index (χ2v) is 4.74. The van der Waals surface area contributed by atoms with E-state index < -0.39 is 11.8 Å². The summed E-state index contributed by atoms with van der Waals surface area (Å²) >= 11 is 3.27. The zero-order valence-electron chi connectivity index (χ0n) is 9.85. The fourth-order valence-electron chi connectivity index (χ4n) is 1.50. The van der Waals surface area contributed by atoms with Crippen LogP contribution in [0.1, 0.15) is 15.9 Å². The van der Waals surface area contributed by atoms with Crippen LogP contribution in [0.25, 0.3) is 0 Å². The van der Waals surface area contributed by atoms with Gasteiger partial charge in [0.15, 0.2) is 0 Å². The molecule has 0 aliphatic heterocycles. The van der Waals surface area contributed by atoms with E-state index in [1.54, 1.807) is 13.0 Å². The average Bonchev–Trinajstić information content (AvgIpc) is 2.34. The third-order valence-electron chi connectivity index (χ3n) is 2.38. The van der Waals surface area contributed by atoms with Gasteiger partial charge in [0.2, 0.25) is 5.88 Å². The number of hydrogen-bond acceptors (Lipinski definition) is 3. The van der Waals surface area contributed by atoms with Gasteiger partial charge >= 0.3 is 5.97 Å². The van der Waals surface area contributed by atoms with Crippen LogP contribution in [0.5, 0.6) is 11.6 Å². The lowest BCUT2D eigenvalue weighted by molar-refractivity contribution is 0.0693. The predicted molar refractivity (Wildman–Crippen MR) is 70.1 cm³/mol. The summed E-state index contributed by atoms with van der Waals surface area (Å²) in [6, 6.07) is 5.09. The van der Waals surface area contributed by atoms with Crippen LogP contribution in [0.3, 0.4) is 0 Å². The quantitative estimate of drug-likeness (QED) is 0.932. The SMILES string of the molecule is Cc1cc(Br)cnc1Oc1ccc(F)cc1C(=O)O. The second kappa shape index (κ2) is 5.36. The molecule has 0 saturated carbocycles. The molecule has 2 rings (SSSR count). The first kappa shape index (κ1) is 13.5. The molecular formula is C13H9BrFNO3. The van der Waals surface area contributed by atoms with E-state index >= 15 is 0 Å². The Morgan fingerprint density at radius 2 is 2.16 bits per heavy atom. The highest BCUT2D eigenvalue weighted by Gasteiger charge is 2.14. The summed E-state index contributed by atoms with van der Waals surface area (Å²) in [4.78, 5) is 15.1. The van der Waals surface area contributed by atoms with E-state index in [4.69, 9.17) is 9.84 Å². The molecule has 1 aromatic carbocycles. The van der Waals surface area contributed by atoms with Gasteiger partial charge in [0.25, 0.3) is 0 Å². The van der Waals surface area contributed by atoms with E-state index in [1.807, 2.05) is 0 Å². The fourth-order valence-corrected chi connectivity index (χ4v) is 1.94. The lowest BCUT2D eigenvalue weighted by Crippen LogP contribution is -2.02. The zero-order chi connectivity index (χ0) is 14.0. The molecule has 0 atom stereocenters. The average molecular weight is 326 g/mol. The highest BCUT2D eigenvalue weighted by atomic mass is 79.9. The number of carbonyl (C=O) groups is 1. The minimum Gasteiger partial charge on any atom is -0.478 e. The first-order valence-electron chi connectivity index (χ1n) is 5.30. The van der Waals surface area contributed by atoms with Crippen LogP contribution in [0.4, 0.5) is 4.39 Å². The van der Waals surface area contributed by atoms with Crippen molar-refractivity contribution < 1.29 is 19.0 Å². The van der Waals surface area contributed by atoms with E-state index in [2.05, 4.69) is 20.9 Å². The van der Waals surface area contributed by atoms with Crippen LogP contribution in [0.15, 0.2) is 34.9 Å². The molecular weight excluding hydrogens is 317 g/mol. The van der Waals surface area contributed by atoms with E-state index in [1.165, 1.54) is 12.3 Å². The molecule has 0 unspecified atom stereocenters. The normalized spacial score (nSPS) is 10.3. The summed E-state index contributed by atoms with van der Waals surface area (Å²) in [5.41, 5.74) is 0.485. The molecule has 4 nitrogen and oxygen atoms in total. The number of halogens is 2. The Balaban J connectivity index is 2.40. The summed E-state index contributed by atoms with van der Waals surface area (Å²) in [7, 11) is 0. The minimum atomic E-state index is -1.26. The molecule has 0 saturated heterocycles. The first-order chi connectivity index (χ1) is 8.97. The van der Waals surface area contributed by atoms with Gasteiger partial charge in [-0.15, -0.1) is 0 Å². The number of aryl methyl sites for hydroxylation is 1. The molecule has 0 aliphatic carbocycles. The molecule has 6 heteroatoms. The van der Waals surface area contributed by atoms with Crippen molar-refractivity contribution in [1.82, 2.24) is 4.98 Å². The summed E-state index contributed by atoms with van der Waals surface area (Å²) in [5, 5.41) is 9.01. The first-order valence-corrected chi connectivity index (χ1v) is 6.09. The molecule has 1 N–H and O–H groups in total. The molecule has 0 bridgehead atoms. The van der Waals surface area contributed by atoms with Gasteiger partial charge in [-0.05, 0) is 47.1 Å². The number of rotatable bonds is 3. The molecule has 0 fully saturated rings. The maximum absolute atomic E-state index is 13.0. The predicted octanol–water partition coefficient (Wildman–Crippen LogP) is 3.78. The topological polar surface area (TPSA) is 59.4 Å². The molecule has 1 aromatic heterocycles. The largest absolute Gasteiger partial charge is 0.478 e. The molecule has 2 aromatic rings. The molecule has 19 heavy (non-hydrogen) atoms. The molecule has 0 aliphatic rings. The van der Waals surface area contributed by atoms with Crippen molar-refractivity contribution in [2.45, 2.75) is 6.92 Å². The minimum absolute atomic E-state index is 0.0480. The van der Waals surface area contributed by atoms with Crippen LogP contribution in [0, 0.1) is 12.7 Å². The van der Waals surface area contributed by atoms with Crippen molar-refractivity contribution in [3.05, 3.63) is 51.9 Å². The van der Waals surface area contributed by atoms with E-state index in [0.717, 1.165) is 22.2 Å². The Labute approximate surface area is 117 Å². The number of aromatic nitrogens is 1. The van der Waals surface area contributed by atoms with Gasteiger partial charge in [0.1, 0.15) is 17.1 Å². The number of carboxylic acid groups (broad SMARTS) is 1. The second-order valence-electron chi connectivity index (χ2n) is 3.82. The number of nitrogens with zero attached hydrogens (tertiary/aromatic N) is 1. The van der Waals surface area contributed by atoms with Gasteiger partial charge < -0.3 is 9.84 Å². The fraction of sp³-hybridized carbons (Fsp3) is 0.0769. The lowest BCUT2D eigenvalue weighted by atomic mass is 10.2. The number of pyridine rings is 1. The third-order valence-corrected chi connectivity index (χ3v) is 2.81. The Morgan fingerprint density at radius 3 is 2.79 bits per heavy atom. The van der Waals surface area contributed by atoms with Gasteiger partial charge in [-0.1, -0.05) is 0 Å². The Kier molecular flexibility index (Phi) is 3.80. The number of hydrogen-bond donors (Lipinski definition) is 1.